The summed E-state index contributed by atoms with van der Waals surface area (Å²) in [6, 6.07) is 3.18. The molecule has 0 atom stereocenters. The Morgan fingerprint density at radius 2 is 2.09 bits per heavy atom. The molecule has 0 aliphatic carbocycles. The summed E-state index contributed by atoms with van der Waals surface area (Å²) in [7, 11) is 0. The number of amides is 2. The van der Waals surface area contributed by atoms with Crippen LogP contribution in [0.1, 0.15) is 16.2 Å². The maximum absolute atomic E-state index is 11.8. The molecule has 0 aliphatic rings. The Morgan fingerprint density at radius 1 is 1.35 bits per heavy atom. The van der Waals surface area contributed by atoms with Gasteiger partial charge in [-0.15, -0.1) is 36.2 Å². The smallest absolute Gasteiger partial charge is 0.293 e. The first kappa shape index (κ1) is 21.9. The lowest BCUT2D eigenvalue weighted by Gasteiger charge is -2.00. The highest BCUT2D eigenvalue weighted by Gasteiger charge is 2.13. The molecule has 2 amide bonds. The molecule has 0 aliphatic heterocycles. The van der Waals surface area contributed by atoms with E-state index in [4.69, 9.17) is 10.2 Å². The molecule has 0 unspecified atom stereocenters. The number of carbonyl (C=O) groups excluding carboxylic acids is 2. The van der Waals surface area contributed by atoms with Crippen LogP contribution in [0.2, 0.25) is 0 Å². The number of nitrogens with two attached hydrogens (primary N) is 1. The minimum absolute atomic E-state index is 0. The van der Waals surface area contributed by atoms with Crippen molar-refractivity contribution in [2.75, 3.05) is 18.4 Å². The van der Waals surface area contributed by atoms with Crippen molar-refractivity contribution < 1.29 is 14.0 Å². The number of furan rings is 1. The average molecular weight is 446 g/mol. The number of rotatable bonds is 6. The van der Waals surface area contributed by atoms with Crippen molar-refractivity contribution in [3.63, 3.8) is 0 Å². The second kappa shape index (κ2) is 10.6. The predicted molar refractivity (Wildman–Crippen MR) is 96.7 cm³/mol. The first-order valence-electron chi connectivity index (χ1n) is 6.06. The van der Waals surface area contributed by atoms with E-state index in [9.17, 15) is 9.59 Å². The van der Waals surface area contributed by atoms with Crippen molar-refractivity contribution in [1.29, 1.82) is 0 Å². The molecule has 23 heavy (non-hydrogen) atoms. The zero-order chi connectivity index (χ0) is 15.2. The van der Waals surface area contributed by atoms with Gasteiger partial charge in [0.2, 0.25) is 5.91 Å². The molecular formula is C12H15BrCl2N4O3S. The topological polar surface area (TPSA) is 110 Å². The van der Waals surface area contributed by atoms with Crippen molar-refractivity contribution in [2.24, 2.45) is 5.73 Å². The number of hydrogen-bond acceptors (Lipinski definition) is 6. The Hall–Kier alpha value is -1.13. The molecule has 2 rings (SSSR count). The Morgan fingerprint density at radius 3 is 2.70 bits per heavy atom. The van der Waals surface area contributed by atoms with Crippen LogP contribution in [0.25, 0.3) is 0 Å². The number of halogens is 3. The average Bonchev–Trinajstić information content (AvgIpc) is 3.06. The fourth-order valence-corrected chi connectivity index (χ4v) is 2.49. The molecule has 7 nitrogen and oxygen atoms in total. The van der Waals surface area contributed by atoms with Gasteiger partial charge in [0, 0.05) is 18.5 Å². The minimum atomic E-state index is -0.394. The first-order valence-corrected chi connectivity index (χ1v) is 7.73. The number of nitrogens with zero attached hydrogens (tertiary/aromatic N) is 1. The van der Waals surface area contributed by atoms with Crippen LogP contribution in [-0.2, 0) is 11.2 Å². The summed E-state index contributed by atoms with van der Waals surface area (Å²) in [5, 5.41) is 7.39. The molecule has 0 saturated heterocycles. The fourth-order valence-electron chi connectivity index (χ4n) is 1.48. The van der Waals surface area contributed by atoms with Crippen LogP contribution in [0, 0.1) is 0 Å². The quantitative estimate of drug-likeness (QED) is 0.631. The van der Waals surface area contributed by atoms with E-state index < -0.39 is 5.91 Å². The van der Waals surface area contributed by atoms with Crippen LogP contribution in [0.3, 0.4) is 0 Å². The van der Waals surface area contributed by atoms with E-state index in [0.717, 1.165) is 0 Å². The van der Waals surface area contributed by atoms with E-state index in [1.807, 2.05) is 0 Å². The number of anilines is 1. The summed E-state index contributed by atoms with van der Waals surface area (Å²) >= 11 is 4.37. The van der Waals surface area contributed by atoms with Crippen molar-refractivity contribution >= 4 is 69.0 Å². The van der Waals surface area contributed by atoms with E-state index in [0.29, 0.717) is 28.6 Å². The van der Waals surface area contributed by atoms with Gasteiger partial charge in [0.15, 0.2) is 15.6 Å². The Labute approximate surface area is 157 Å². The van der Waals surface area contributed by atoms with Gasteiger partial charge in [0.25, 0.3) is 5.91 Å². The van der Waals surface area contributed by atoms with Crippen molar-refractivity contribution in [2.45, 2.75) is 6.42 Å². The molecule has 0 radical (unpaired) electrons. The van der Waals surface area contributed by atoms with Crippen LogP contribution >= 0.6 is 52.1 Å². The number of nitrogens with one attached hydrogen (secondary N) is 2. The number of carbonyl (C=O) groups is 2. The van der Waals surface area contributed by atoms with Gasteiger partial charge in [-0.2, -0.15) is 0 Å². The highest BCUT2D eigenvalue weighted by molar-refractivity contribution is 9.10. The molecule has 0 spiro atoms. The monoisotopic (exact) mass is 444 g/mol. The largest absolute Gasteiger partial charge is 0.444 e. The third kappa shape index (κ3) is 6.88. The van der Waals surface area contributed by atoms with Gasteiger partial charge in [0.1, 0.15) is 0 Å². The maximum atomic E-state index is 11.8. The lowest BCUT2D eigenvalue weighted by molar-refractivity contribution is -0.120. The van der Waals surface area contributed by atoms with Crippen molar-refractivity contribution in [1.82, 2.24) is 10.3 Å². The molecule has 128 valence electrons. The van der Waals surface area contributed by atoms with Crippen LogP contribution in [0.5, 0.6) is 0 Å². The van der Waals surface area contributed by atoms with Gasteiger partial charge in [-0.25, -0.2) is 4.98 Å². The second-order valence-electron chi connectivity index (χ2n) is 4.02. The minimum Gasteiger partial charge on any atom is -0.444 e. The zero-order valence-corrected chi connectivity index (χ0v) is 15.7. The first-order chi connectivity index (χ1) is 10.1. The van der Waals surface area contributed by atoms with Gasteiger partial charge < -0.3 is 15.5 Å². The third-order valence-electron chi connectivity index (χ3n) is 2.38. The lowest BCUT2D eigenvalue weighted by atomic mass is 10.3. The van der Waals surface area contributed by atoms with Crippen LogP contribution in [0.15, 0.2) is 26.6 Å². The van der Waals surface area contributed by atoms with E-state index in [2.05, 4.69) is 31.5 Å². The van der Waals surface area contributed by atoms with E-state index >= 15 is 0 Å². The third-order valence-corrected chi connectivity index (χ3v) is 3.61. The van der Waals surface area contributed by atoms with Gasteiger partial charge >= 0.3 is 0 Å². The molecule has 0 bridgehead atoms. The molecule has 0 aromatic carbocycles. The second-order valence-corrected chi connectivity index (χ2v) is 5.66. The fraction of sp³-hybridized carbons (Fsp3) is 0.250. The van der Waals surface area contributed by atoms with Crippen LogP contribution < -0.4 is 16.4 Å². The Kier molecular flexibility index (Phi) is 10.1. The normalized spacial score (nSPS) is 9.48. The molecule has 4 N–H and O–H groups in total. The lowest BCUT2D eigenvalue weighted by Crippen LogP contribution is -2.30. The van der Waals surface area contributed by atoms with E-state index in [-0.39, 0.29) is 42.9 Å². The highest BCUT2D eigenvalue weighted by atomic mass is 79.9. The Balaban J connectivity index is 0.00000242. The van der Waals surface area contributed by atoms with Gasteiger partial charge in [-0.05, 0) is 28.1 Å². The SMILES string of the molecule is Cl.Cl.NCCNC(=O)Cc1csc(NC(=O)c2ccc(Br)o2)n1. The summed E-state index contributed by atoms with van der Waals surface area (Å²) in [4.78, 5) is 27.5. The number of thiazole rings is 1. The molecule has 2 heterocycles. The van der Waals surface area contributed by atoms with E-state index in [1.165, 1.54) is 11.3 Å². The predicted octanol–water partition coefficient (Wildman–Crippen LogP) is 2.21. The van der Waals surface area contributed by atoms with Crippen LogP contribution in [-0.4, -0.2) is 29.9 Å². The zero-order valence-electron chi connectivity index (χ0n) is 11.7. The van der Waals surface area contributed by atoms with Gasteiger partial charge in [-0.3, -0.25) is 14.9 Å². The summed E-state index contributed by atoms with van der Waals surface area (Å²) in [5.41, 5.74) is 5.89. The number of aromatic nitrogens is 1. The summed E-state index contributed by atoms with van der Waals surface area (Å²) < 4.78 is 5.61. The molecule has 2 aromatic rings. The number of hydrogen-bond donors (Lipinski definition) is 3. The van der Waals surface area contributed by atoms with Crippen molar-refractivity contribution in [3.05, 3.63) is 33.6 Å². The van der Waals surface area contributed by atoms with Gasteiger partial charge in [-0.1, -0.05) is 0 Å². The van der Waals surface area contributed by atoms with Crippen molar-refractivity contribution in [3.8, 4) is 0 Å². The summed E-state index contributed by atoms with van der Waals surface area (Å²) in [5.74, 6) is -0.368. The molecule has 2 aromatic heterocycles. The Bertz CT molecular complexity index is 650. The highest BCUT2D eigenvalue weighted by Crippen LogP contribution is 2.19. The maximum Gasteiger partial charge on any atom is 0.293 e. The summed E-state index contributed by atoms with van der Waals surface area (Å²) in [6.07, 6.45) is 0.151. The molecule has 0 saturated carbocycles. The van der Waals surface area contributed by atoms with Gasteiger partial charge in [0.05, 0.1) is 12.1 Å². The van der Waals surface area contributed by atoms with Crippen LogP contribution in [0.4, 0.5) is 5.13 Å². The molecule has 0 fully saturated rings. The standard InChI is InChI=1S/C12H13BrN4O3S.2ClH/c13-9-2-1-8(20-9)11(19)17-12-16-7(6-21-12)5-10(18)15-4-3-14;;/h1-2,6H,3-5,14H2,(H,15,18)(H,16,17,19);2*1H. The van der Waals surface area contributed by atoms with E-state index in [1.54, 1.807) is 17.5 Å². The molecule has 11 heteroatoms. The summed E-state index contributed by atoms with van der Waals surface area (Å²) in [6.45, 7) is 0.822. The molecular weight excluding hydrogens is 431 g/mol.